The first-order valence-corrected chi connectivity index (χ1v) is 7.83. The summed E-state index contributed by atoms with van der Waals surface area (Å²) >= 11 is 0. The number of nitrogens with one attached hydrogen (secondary N) is 1. The van der Waals surface area contributed by atoms with Crippen molar-refractivity contribution in [2.75, 3.05) is 26.9 Å². The van der Waals surface area contributed by atoms with Crippen LogP contribution in [-0.4, -0.2) is 61.3 Å². The summed E-state index contributed by atoms with van der Waals surface area (Å²) in [6, 6.07) is 8.26. The van der Waals surface area contributed by atoms with Crippen LogP contribution in [0.15, 0.2) is 24.3 Å². The number of aliphatic hydroxyl groups is 1. The highest BCUT2D eigenvalue weighted by Gasteiger charge is 2.05. The lowest BCUT2D eigenvalue weighted by atomic mass is 9.99. The molecule has 132 valence electrons. The van der Waals surface area contributed by atoms with Gasteiger partial charge in [0.05, 0.1) is 6.61 Å². The Hall–Kier alpha value is -1.12. The van der Waals surface area contributed by atoms with E-state index in [2.05, 4.69) is 5.32 Å². The predicted molar refractivity (Wildman–Crippen MR) is 92.7 cm³/mol. The Morgan fingerprint density at radius 2 is 1.74 bits per heavy atom. The molecular weight excluding hydrogens is 297 g/mol. The third kappa shape index (κ3) is 14.2. The Kier molecular flexibility index (Phi) is 12.7. The van der Waals surface area contributed by atoms with Crippen molar-refractivity contribution in [1.29, 1.82) is 0 Å². The van der Waals surface area contributed by atoms with Crippen LogP contribution in [0.1, 0.15) is 19.4 Å². The third-order valence-electron chi connectivity index (χ3n) is 2.72. The van der Waals surface area contributed by atoms with Crippen LogP contribution in [0.4, 0.5) is 0 Å². The maximum absolute atomic E-state index is 9.73. The van der Waals surface area contributed by atoms with Crippen LogP contribution >= 0.6 is 0 Å². The highest BCUT2D eigenvalue weighted by Crippen LogP contribution is 2.12. The molecule has 0 aliphatic carbocycles. The topological polar surface area (TPSA) is 91.2 Å². The number of benzene rings is 1. The lowest BCUT2D eigenvalue weighted by molar-refractivity contribution is 0.104. The van der Waals surface area contributed by atoms with Gasteiger partial charge in [-0.2, -0.15) is 0 Å². The first-order chi connectivity index (χ1) is 10.8. The molecule has 0 heterocycles. The zero-order valence-corrected chi connectivity index (χ0v) is 14.5. The highest BCUT2D eigenvalue weighted by molar-refractivity contribution is 6.38. The lowest BCUT2D eigenvalue weighted by Gasteiger charge is -2.15. The first-order valence-electron chi connectivity index (χ1n) is 7.83. The van der Waals surface area contributed by atoms with Gasteiger partial charge in [-0.25, -0.2) is 0 Å². The minimum Gasteiger partial charge on any atom is -0.491 e. The van der Waals surface area contributed by atoms with Crippen molar-refractivity contribution in [3.05, 3.63) is 29.8 Å². The molecule has 1 aromatic carbocycles. The second-order valence-corrected chi connectivity index (χ2v) is 5.55. The van der Waals surface area contributed by atoms with Gasteiger partial charge in [0, 0.05) is 19.7 Å². The van der Waals surface area contributed by atoms with Gasteiger partial charge in [0.15, 0.2) is 0 Å². The van der Waals surface area contributed by atoms with Gasteiger partial charge in [-0.15, -0.1) is 0 Å². The molecule has 23 heavy (non-hydrogen) atoms. The van der Waals surface area contributed by atoms with E-state index in [0.717, 1.165) is 18.8 Å². The van der Waals surface area contributed by atoms with Gasteiger partial charge in [-0.1, -0.05) is 26.0 Å². The van der Waals surface area contributed by atoms with Gasteiger partial charge in [-0.05, 0) is 30.9 Å². The van der Waals surface area contributed by atoms with Gasteiger partial charge in [0.25, 0.3) is 0 Å². The summed E-state index contributed by atoms with van der Waals surface area (Å²) < 4.78 is 10.6. The van der Waals surface area contributed by atoms with Crippen molar-refractivity contribution in [1.82, 2.24) is 5.32 Å². The summed E-state index contributed by atoms with van der Waals surface area (Å²) in [5.41, 5.74) is 1.22. The number of hydrogen-bond acceptors (Lipinski definition) is 6. The Labute approximate surface area is 139 Å². The van der Waals surface area contributed by atoms with Crippen molar-refractivity contribution < 1.29 is 24.6 Å². The average Bonchev–Trinajstić information content (AvgIpc) is 2.49. The molecule has 4 N–H and O–H groups in total. The molecule has 0 aromatic heterocycles. The van der Waals surface area contributed by atoms with Crippen LogP contribution in [0, 0.1) is 0 Å². The number of aliphatic hydroxyl groups excluding tert-OH is 1. The normalized spacial score (nSPS) is 11.7. The van der Waals surface area contributed by atoms with Crippen molar-refractivity contribution in [2.45, 2.75) is 39.2 Å². The van der Waals surface area contributed by atoms with E-state index in [1.54, 1.807) is 7.11 Å². The molecule has 0 saturated carbocycles. The molecule has 0 aliphatic rings. The van der Waals surface area contributed by atoms with E-state index in [9.17, 15) is 5.11 Å². The van der Waals surface area contributed by atoms with Gasteiger partial charge < -0.3 is 29.9 Å². The van der Waals surface area contributed by atoms with E-state index in [1.165, 1.54) is 12.4 Å². The zero-order valence-electron chi connectivity index (χ0n) is 14.5. The number of ether oxygens (including phenoxy) is 2. The Morgan fingerprint density at radius 3 is 2.22 bits per heavy atom. The van der Waals surface area contributed by atoms with Crippen LogP contribution < -0.4 is 10.1 Å². The van der Waals surface area contributed by atoms with Crippen LogP contribution in [-0.2, 0) is 11.2 Å². The van der Waals surface area contributed by atoms with Gasteiger partial charge in [0.1, 0.15) is 18.5 Å². The monoisotopic (exact) mass is 327 g/mol. The molecule has 1 aromatic rings. The van der Waals surface area contributed by atoms with E-state index in [-0.39, 0.29) is 0 Å². The number of hydrogen-bond donors (Lipinski definition) is 4. The van der Waals surface area contributed by atoms with Crippen molar-refractivity contribution in [3.63, 3.8) is 0 Å². The molecule has 1 unspecified atom stereocenters. The maximum Gasteiger partial charge on any atom is 0.448 e. The second-order valence-electron chi connectivity index (χ2n) is 5.55. The Balaban J connectivity index is 0.00000108. The van der Waals surface area contributed by atoms with E-state index >= 15 is 0 Å². The van der Waals surface area contributed by atoms with Crippen molar-refractivity contribution >= 4 is 7.12 Å². The Morgan fingerprint density at radius 1 is 1.17 bits per heavy atom. The van der Waals surface area contributed by atoms with E-state index < -0.39 is 13.2 Å². The van der Waals surface area contributed by atoms with Crippen molar-refractivity contribution in [2.24, 2.45) is 0 Å². The van der Waals surface area contributed by atoms with E-state index in [4.69, 9.17) is 19.5 Å². The minimum absolute atomic E-state index is 0.303. The number of rotatable bonds is 9. The molecule has 1 atom stereocenters. The summed E-state index contributed by atoms with van der Waals surface area (Å²) in [5.74, 6) is 0.782. The first kappa shape index (κ1) is 21.9. The van der Waals surface area contributed by atoms with E-state index in [0.29, 0.717) is 19.2 Å². The Bertz CT molecular complexity index is 384. The third-order valence-corrected chi connectivity index (χ3v) is 2.72. The fourth-order valence-electron chi connectivity index (χ4n) is 1.60. The van der Waals surface area contributed by atoms with Gasteiger partial charge in [0.2, 0.25) is 0 Å². The molecule has 6 nitrogen and oxygen atoms in total. The predicted octanol–water partition coefficient (Wildman–Crippen LogP) is 0.702. The maximum atomic E-state index is 9.73. The van der Waals surface area contributed by atoms with Crippen LogP contribution in [0.5, 0.6) is 5.75 Å². The van der Waals surface area contributed by atoms with Crippen LogP contribution in [0.2, 0.25) is 6.82 Å². The standard InChI is InChI=1S/C15H25NO3.CH5BO2/c1-12(2)16-10-14(17)11-19-15-6-4-13(5-7-15)8-9-18-3;1-2(3)4/h4-7,12,14,16-17H,8-11H2,1-3H3;3-4H,1H3. The average molecular weight is 327 g/mol. The summed E-state index contributed by atoms with van der Waals surface area (Å²) in [6.45, 7) is 6.94. The van der Waals surface area contributed by atoms with Crippen molar-refractivity contribution in [3.8, 4) is 5.75 Å². The second kappa shape index (κ2) is 13.3. The molecule has 0 fully saturated rings. The molecule has 0 radical (unpaired) electrons. The molecule has 0 saturated heterocycles. The minimum atomic E-state index is -1.17. The molecule has 1 rings (SSSR count). The van der Waals surface area contributed by atoms with Gasteiger partial charge in [-0.3, -0.25) is 0 Å². The molecule has 0 aliphatic heterocycles. The largest absolute Gasteiger partial charge is 0.491 e. The number of methoxy groups -OCH3 is 1. The molecular formula is C16H30BNO5. The fourth-order valence-corrected chi connectivity index (χ4v) is 1.60. The summed E-state index contributed by atoms with van der Waals surface area (Å²) in [5, 5.41) is 28.1. The molecule has 0 bridgehead atoms. The summed E-state index contributed by atoms with van der Waals surface area (Å²) in [6.07, 6.45) is 0.410. The fraction of sp³-hybridized carbons (Fsp3) is 0.625. The SMILES string of the molecule is CB(O)O.COCCc1ccc(OCC(O)CNC(C)C)cc1. The summed E-state index contributed by atoms with van der Waals surface area (Å²) in [7, 11) is 0.532. The van der Waals surface area contributed by atoms with Gasteiger partial charge >= 0.3 is 7.12 Å². The molecule has 0 spiro atoms. The zero-order chi connectivity index (χ0) is 17.7. The lowest BCUT2D eigenvalue weighted by Crippen LogP contribution is -2.35. The molecule has 0 amide bonds. The quantitative estimate of drug-likeness (QED) is 0.499. The van der Waals surface area contributed by atoms with E-state index in [1.807, 2.05) is 38.1 Å². The molecule has 7 heteroatoms. The smallest absolute Gasteiger partial charge is 0.448 e. The van der Waals surface area contributed by atoms with Crippen LogP contribution in [0.25, 0.3) is 0 Å². The summed E-state index contributed by atoms with van der Waals surface area (Å²) in [4.78, 5) is 0. The van der Waals surface area contributed by atoms with Crippen LogP contribution in [0.3, 0.4) is 0 Å². The highest BCUT2D eigenvalue weighted by atomic mass is 16.5.